The monoisotopic (exact) mass is 462 g/mol. The Balaban J connectivity index is 1.46. The summed E-state index contributed by atoms with van der Waals surface area (Å²) in [4.78, 5) is 4.33. The van der Waals surface area contributed by atoms with E-state index in [4.69, 9.17) is 4.74 Å². The molecule has 2 heterocycles. The van der Waals surface area contributed by atoms with Gasteiger partial charge in [0.05, 0.1) is 24.8 Å². The Kier molecular flexibility index (Phi) is 7.80. The fraction of sp³-hybridized carbons (Fsp3) is 0.393. The number of nitrogens with zero attached hydrogens (tertiary/aromatic N) is 4. The SMILES string of the molecule is CCC(c1ccc(F)cc1)N(C)N1CCC/C(=C\c2ccc(-n3cnc(C)c3)c(OC)c2)CC1. The average molecular weight is 463 g/mol. The molecule has 1 saturated heterocycles. The van der Waals surface area contributed by atoms with E-state index in [0.717, 1.165) is 67.0 Å². The summed E-state index contributed by atoms with van der Waals surface area (Å²) in [5, 5.41) is 4.80. The maximum atomic E-state index is 13.4. The summed E-state index contributed by atoms with van der Waals surface area (Å²) in [5.74, 6) is 0.655. The lowest BCUT2D eigenvalue weighted by molar-refractivity contribution is -0.0369. The molecule has 0 aliphatic carbocycles. The Morgan fingerprint density at radius 3 is 2.62 bits per heavy atom. The van der Waals surface area contributed by atoms with Gasteiger partial charge >= 0.3 is 0 Å². The molecule has 0 radical (unpaired) electrons. The van der Waals surface area contributed by atoms with Crippen molar-refractivity contribution in [3.63, 3.8) is 0 Å². The Morgan fingerprint density at radius 1 is 1.15 bits per heavy atom. The molecule has 1 aliphatic heterocycles. The van der Waals surface area contributed by atoms with Crippen LogP contribution in [0.2, 0.25) is 0 Å². The van der Waals surface area contributed by atoms with Crippen LogP contribution in [0.3, 0.4) is 0 Å². The van der Waals surface area contributed by atoms with E-state index in [9.17, 15) is 4.39 Å². The number of imidazole rings is 1. The van der Waals surface area contributed by atoms with Crippen molar-refractivity contribution in [2.24, 2.45) is 0 Å². The zero-order valence-corrected chi connectivity index (χ0v) is 20.7. The Morgan fingerprint density at radius 2 is 1.94 bits per heavy atom. The molecule has 0 saturated carbocycles. The van der Waals surface area contributed by atoms with Gasteiger partial charge in [-0.2, -0.15) is 0 Å². The lowest BCUT2D eigenvalue weighted by Gasteiger charge is -2.37. The molecular weight excluding hydrogens is 427 g/mol. The number of halogens is 1. The first-order valence-electron chi connectivity index (χ1n) is 12.1. The van der Waals surface area contributed by atoms with E-state index < -0.39 is 0 Å². The van der Waals surface area contributed by atoms with E-state index in [1.54, 1.807) is 19.2 Å². The summed E-state index contributed by atoms with van der Waals surface area (Å²) in [5.41, 5.74) is 5.74. The summed E-state index contributed by atoms with van der Waals surface area (Å²) < 4.78 is 21.1. The van der Waals surface area contributed by atoms with Crippen LogP contribution in [-0.4, -0.2) is 46.8 Å². The summed E-state index contributed by atoms with van der Waals surface area (Å²) in [7, 11) is 3.87. The molecular formula is C28H35FN4O. The first kappa shape index (κ1) is 24.2. The normalized spacial score (nSPS) is 17.2. The molecule has 1 unspecified atom stereocenters. The zero-order valence-electron chi connectivity index (χ0n) is 20.7. The lowest BCUT2D eigenvalue weighted by atomic mass is 10.0. The summed E-state index contributed by atoms with van der Waals surface area (Å²) >= 11 is 0. The van der Waals surface area contributed by atoms with Crippen molar-refractivity contribution in [1.29, 1.82) is 0 Å². The minimum Gasteiger partial charge on any atom is -0.495 e. The van der Waals surface area contributed by atoms with Gasteiger partial charge in [-0.05, 0) is 68.0 Å². The van der Waals surface area contributed by atoms with Crippen LogP contribution in [0.1, 0.15) is 55.5 Å². The van der Waals surface area contributed by atoms with Crippen molar-refractivity contribution >= 4 is 6.08 Å². The number of aryl methyl sites for hydroxylation is 1. The molecule has 4 rings (SSSR count). The highest BCUT2D eigenvalue weighted by Crippen LogP contribution is 2.29. The first-order valence-corrected chi connectivity index (χ1v) is 12.1. The molecule has 5 nitrogen and oxygen atoms in total. The van der Waals surface area contributed by atoms with E-state index >= 15 is 0 Å². The summed E-state index contributed by atoms with van der Waals surface area (Å²) in [6, 6.07) is 13.5. The van der Waals surface area contributed by atoms with Crippen LogP contribution in [0.25, 0.3) is 11.8 Å². The molecule has 1 atom stereocenters. The number of aromatic nitrogens is 2. The minimum absolute atomic E-state index is 0.185. The second-order valence-corrected chi connectivity index (χ2v) is 9.01. The average Bonchev–Trinajstić information content (AvgIpc) is 3.14. The zero-order chi connectivity index (χ0) is 24.1. The first-order chi connectivity index (χ1) is 16.5. The number of ether oxygens (including phenoxy) is 1. The fourth-order valence-corrected chi connectivity index (χ4v) is 4.84. The minimum atomic E-state index is -0.185. The molecule has 6 heteroatoms. The van der Waals surface area contributed by atoms with Crippen LogP contribution in [0.5, 0.6) is 5.75 Å². The van der Waals surface area contributed by atoms with E-state index in [0.29, 0.717) is 0 Å². The third-order valence-electron chi connectivity index (χ3n) is 6.71. The molecule has 0 bridgehead atoms. The number of methoxy groups -OCH3 is 1. The third kappa shape index (κ3) is 5.57. The lowest BCUT2D eigenvalue weighted by Crippen LogP contribution is -2.42. The maximum absolute atomic E-state index is 13.4. The molecule has 2 aromatic carbocycles. The van der Waals surface area contributed by atoms with Gasteiger partial charge in [0.15, 0.2) is 0 Å². The van der Waals surface area contributed by atoms with E-state index in [2.05, 4.69) is 53.2 Å². The number of hydrogen-bond donors (Lipinski definition) is 0. The van der Waals surface area contributed by atoms with Crippen molar-refractivity contribution in [2.45, 2.75) is 45.6 Å². The highest BCUT2D eigenvalue weighted by molar-refractivity contribution is 5.60. The van der Waals surface area contributed by atoms with E-state index in [1.165, 1.54) is 5.57 Å². The second kappa shape index (κ2) is 11.0. The molecule has 34 heavy (non-hydrogen) atoms. The summed E-state index contributed by atoms with van der Waals surface area (Å²) in [6.07, 6.45) is 10.3. The van der Waals surface area contributed by atoms with Gasteiger partial charge in [0, 0.05) is 32.4 Å². The fourth-order valence-electron chi connectivity index (χ4n) is 4.84. The van der Waals surface area contributed by atoms with Crippen molar-refractivity contribution in [1.82, 2.24) is 19.6 Å². The van der Waals surface area contributed by atoms with Gasteiger partial charge in [-0.1, -0.05) is 36.8 Å². The predicted molar refractivity (Wildman–Crippen MR) is 135 cm³/mol. The summed E-state index contributed by atoms with van der Waals surface area (Å²) in [6.45, 7) is 6.17. The molecule has 180 valence electrons. The van der Waals surface area contributed by atoms with Crippen molar-refractivity contribution in [3.8, 4) is 11.4 Å². The molecule has 1 aromatic heterocycles. The van der Waals surface area contributed by atoms with Crippen LogP contribution in [-0.2, 0) is 0 Å². The van der Waals surface area contributed by atoms with Crippen LogP contribution < -0.4 is 4.74 Å². The van der Waals surface area contributed by atoms with Crippen molar-refractivity contribution < 1.29 is 9.13 Å². The Labute approximate surface area is 202 Å². The predicted octanol–water partition coefficient (Wildman–Crippen LogP) is 6.20. The van der Waals surface area contributed by atoms with Gasteiger partial charge in [0.1, 0.15) is 11.6 Å². The smallest absolute Gasteiger partial charge is 0.143 e. The van der Waals surface area contributed by atoms with Crippen LogP contribution in [0.4, 0.5) is 4.39 Å². The molecule has 1 aliphatic rings. The van der Waals surface area contributed by atoms with Crippen LogP contribution in [0.15, 0.2) is 60.6 Å². The molecule has 1 fully saturated rings. The second-order valence-electron chi connectivity index (χ2n) is 9.01. The number of benzene rings is 2. The van der Waals surface area contributed by atoms with Crippen LogP contribution in [0, 0.1) is 12.7 Å². The Hall–Kier alpha value is -2.96. The maximum Gasteiger partial charge on any atom is 0.143 e. The van der Waals surface area contributed by atoms with E-state index in [1.807, 2.05) is 36.1 Å². The van der Waals surface area contributed by atoms with Gasteiger partial charge in [-0.3, -0.25) is 0 Å². The van der Waals surface area contributed by atoms with Crippen molar-refractivity contribution in [3.05, 3.63) is 83.2 Å². The van der Waals surface area contributed by atoms with Gasteiger partial charge in [0.25, 0.3) is 0 Å². The number of hydrogen-bond acceptors (Lipinski definition) is 4. The highest BCUT2D eigenvalue weighted by Gasteiger charge is 2.23. The van der Waals surface area contributed by atoms with Gasteiger partial charge in [-0.25, -0.2) is 19.4 Å². The third-order valence-corrected chi connectivity index (χ3v) is 6.71. The Bertz CT molecular complexity index is 1120. The standard InChI is InChI=1S/C28H35FN4O/c1-5-26(24-9-11-25(29)12-10-24)31(3)33-15-6-7-22(14-16-33)17-23-8-13-27(28(18-23)34-4)32-19-21(2)30-20-32/h8-13,17-20,26H,5-7,14-16H2,1-4H3/b22-17+. The quantitative estimate of drug-likeness (QED) is 0.419. The van der Waals surface area contributed by atoms with E-state index in [-0.39, 0.29) is 11.9 Å². The number of hydrazine groups is 1. The van der Waals surface area contributed by atoms with Gasteiger partial charge in [-0.15, -0.1) is 0 Å². The van der Waals surface area contributed by atoms with Crippen molar-refractivity contribution in [2.75, 3.05) is 27.2 Å². The largest absolute Gasteiger partial charge is 0.495 e. The molecule has 3 aromatic rings. The van der Waals surface area contributed by atoms with Gasteiger partial charge < -0.3 is 9.30 Å². The van der Waals surface area contributed by atoms with Gasteiger partial charge in [0.2, 0.25) is 0 Å². The highest BCUT2D eigenvalue weighted by atomic mass is 19.1. The molecule has 0 spiro atoms. The topological polar surface area (TPSA) is 33.5 Å². The number of rotatable bonds is 7. The molecule has 0 N–H and O–H groups in total. The molecule has 0 amide bonds. The van der Waals surface area contributed by atoms with Crippen LogP contribution >= 0.6 is 0 Å².